The number of amides is 2. The molecular formula is C21H24N2O5. The number of ether oxygens (including phenoxy) is 1. The van der Waals surface area contributed by atoms with Gasteiger partial charge in [-0.05, 0) is 31.2 Å². The maximum absolute atomic E-state index is 12.2. The summed E-state index contributed by atoms with van der Waals surface area (Å²) in [6, 6.07) is 15.7. The van der Waals surface area contributed by atoms with Crippen molar-refractivity contribution in [2.24, 2.45) is 0 Å². The summed E-state index contributed by atoms with van der Waals surface area (Å²) in [5.74, 6) is -0.638. The van der Waals surface area contributed by atoms with Crippen molar-refractivity contribution in [3.05, 3.63) is 71.3 Å². The molecule has 1 heterocycles. The molecule has 1 aliphatic rings. The highest BCUT2D eigenvalue weighted by atomic mass is 16.5. The van der Waals surface area contributed by atoms with E-state index >= 15 is 0 Å². The molecule has 2 amide bonds. The third kappa shape index (κ3) is 4.56. The second-order valence-corrected chi connectivity index (χ2v) is 7.02. The fraction of sp³-hybridized carbons (Fsp3) is 0.333. The lowest BCUT2D eigenvalue weighted by atomic mass is 9.96. The molecule has 1 aliphatic heterocycles. The number of aliphatic hydroxyl groups is 2. The maximum Gasteiger partial charge on any atom is 0.251 e. The van der Waals surface area contributed by atoms with E-state index in [4.69, 9.17) is 4.74 Å². The minimum atomic E-state index is -1.62. The van der Waals surface area contributed by atoms with E-state index in [-0.39, 0.29) is 31.5 Å². The van der Waals surface area contributed by atoms with Crippen molar-refractivity contribution in [1.82, 2.24) is 10.6 Å². The Hall–Kier alpha value is -2.74. The van der Waals surface area contributed by atoms with Crippen LogP contribution in [0.5, 0.6) is 0 Å². The summed E-state index contributed by atoms with van der Waals surface area (Å²) in [7, 11) is 0. The van der Waals surface area contributed by atoms with Crippen molar-refractivity contribution in [3.8, 4) is 0 Å². The third-order valence-corrected chi connectivity index (χ3v) is 4.82. The van der Waals surface area contributed by atoms with E-state index < -0.39 is 17.8 Å². The van der Waals surface area contributed by atoms with Crippen LogP contribution in [0.3, 0.4) is 0 Å². The lowest BCUT2D eigenvalue weighted by Gasteiger charge is -2.26. The first-order valence-electron chi connectivity index (χ1n) is 9.09. The first kappa shape index (κ1) is 20.0. The van der Waals surface area contributed by atoms with Gasteiger partial charge in [0.2, 0.25) is 0 Å². The number of benzene rings is 2. The van der Waals surface area contributed by atoms with Gasteiger partial charge in [0, 0.05) is 17.7 Å². The number of carbonyl (C=O) groups is 2. The summed E-state index contributed by atoms with van der Waals surface area (Å²) in [5.41, 5.74) is 0.391. The third-order valence-electron chi connectivity index (χ3n) is 4.82. The molecule has 148 valence electrons. The summed E-state index contributed by atoms with van der Waals surface area (Å²) in [6.45, 7) is 1.67. The van der Waals surface area contributed by atoms with E-state index in [9.17, 15) is 19.8 Å². The van der Waals surface area contributed by atoms with Crippen LogP contribution in [0, 0.1) is 6.92 Å². The van der Waals surface area contributed by atoms with Gasteiger partial charge in [-0.1, -0.05) is 35.9 Å². The molecule has 1 saturated heterocycles. The van der Waals surface area contributed by atoms with Gasteiger partial charge in [-0.15, -0.1) is 0 Å². The highest BCUT2D eigenvalue weighted by molar-refractivity contribution is 5.94. The first-order valence-corrected chi connectivity index (χ1v) is 9.09. The van der Waals surface area contributed by atoms with Crippen LogP contribution in [0.15, 0.2) is 54.6 Å². The molecule has 3 rings (SSSR count). The lowest BCUT2D eigenvalue weighted by Crippen LogP contribution is -2.53. The van der Waals surface area contributed by atoms with Crippen LogP contribution in [0.4, 0.5) is 0 Å². The molecule has 1 fully saturated rings. The van der Waals surface area contributed by atoms with E-state index in [1.54, 1.807) is 42.5 Å². The second-order valence-electron chi connectivity index (χ2n) is 7.02. The van der Waals surface area contributed by atoms with Crippen LogP contribution in [0.2, 0.25) is 0 Å². The van der Waals surface area contributed by atoms with Gasteiger partial charge in [0.05, 0.1) is 13.2 Å². The SMILES string of the molecule is Cc1ccc(C(=O)NC[C@H]2OC[C@@](O)(CNC(=O)c3ccccc3)[C@@H]2O)cc1. The average Bonchev–Trinajstić information content (AvgIpc) is 3.00. The summed E-state index contributed by atoms with van der Waals surface area (Å²) >= 11 is 0. The molecule has 0 aromatic heterocycles. The van der Waals surface area contributed by atoms with E-state index in [0.717, 1.165) is 5.56 Å². The molecule has 3 atom stereocenters. The second kappa shape index (κ2) is 8.52. The molecular weight excluding hydrogens is 360 g/mol. The van der Waals surface area contributed by atoms with Gasteiger partial charge in [0.1, 0.15) is 17.8 Å². The Morgan fingerprint density at radius 1 is 1.04 bits per heavy atom. The zero-order chi connectivity index (χ0) is 20.1. The van der Waals surface area contributed by atoms with Gasteiger partial charge in [-0.25, -0.2) is 0 Å². The number of nitrogens with one attached hydrogen (secondary N) is 2. The molecule has 2 aromatic carbocycles. The molecule has 0 bridgehead atoms. The van der Waals surface area contributed by atoms with E-state index in [2.05, 4.69) is 10.6 Å². The number of hydrogen-bond donors (Lipinski definition) is 4. The minimum absolute atomic E-state index is 0.0445. The summed E-state index contributed by atoms with van der Waals surface area (Å²) in [6.07, 6.45) is -2.02. The number of carbonyl (C=O) groups excluding carboxylic acids is 2. The predicted octanol–water partition coefficient (Wildman–Crippen LogP) is 0.646. The topological polar surface area (TPSA) is 108 Å². The average molecular weight is 384 g/mol. The summed E-state index contributed by atoms with van der Waals surface area (Å²) < 4.78 is 5.46. The Bertz CT molecular complexity index is 824. The Kier molecular flexibility index (Phi) is 6.08. The van der Waals surface area contributed by atoms with E-state index in [0.29, 0.717) is 11.1 Å². The van der Waals surface area contributed by atoms with Crippen molar-refractivity contribution in [1.29, 1.82) is 0 Å². The van der Waals surface area contributed by atoms with Gasteiger partial charge in [-0.3, -0.25) is 9.59 Å². The molecule has 0 aliphatic carbocycles. The number of aryl methyl sites for hydroxylation is 1. The molecule has 4 N–H and O–H groups in total. The number of rotatable bonds is 6. The number of hydrogen-bond acceptors (Lipinski definition) is 5. The lowest BCUT2D eigenvalue weighted by molar-refractivity contribution is -0.0464. The zero-order valence-corrected chi connectivity index (χ0v) is 15.6. The molecule has 0 radical (unpaired) electrons. The predicted molar refractivity (Wildman–Crippen MR) is 103 cm³/mol. The van der Waals surface area contributed by atoms with Crippen molar-refractivity contribution in [3.63, 3.8) is 0 Å². The Morgan fingerprint density at radius 3 is 2.32 bits per heavy atom. The van der Waals surface area contributed by atoms with Gasteiger partial charge in [0.15, 0.2) is 0 Å². The van der Waals surface area contributed by atoms with E-state index in [1.807, 2.05) is 19.1 Å². The quantitative estimate of drug-likeness (QED) is 0.585. The van der Waals surface area contributed by atoms with Crippen LogP contribution in [0.1, 0.15) is 26.3 Å². The monoisotopic (exact) mass is 384 g/mol. The van der Waals surface area contributed by atoms with Crippen LogP contribution in [-0.2, 0) is 4.74 Å². The van der Waals surface area contributed by atoms with Gasteiger partial charge in [0.25, 0.3) is 11.8 Å². The normalized spacial score (nSPS) is 24.0. The minimum Gasteiger partial charge on any atom is -0.387 e. The van der Waals surface area contributed by atoms with Crippen molar-refractivity contribution in [2.45, 2.75) is 24.7 Å². The van der Waals surface area contributed by atoms with Crippen molar-refractivity contribution in [2.75, 3.05) is 19.7 Å². The number of aliphatic hydroxyl groups excluding tert-OH is 1. The van der Waals surface area contributed by atoms with Crippen LogP contribution in [0.25, 0.3) is 0 Å². The van der Waals surface area contributed by atoms with Gasteiger partial charge in [-0.2, -0.15) is 0 Å². The fourth-order valence-electron chi connectivity index (χ4n) is 3.03. The summed E-state index contributed by atoms with van der Waals surface area (Å²) in [5, 5.41) is 26.4. The molecule has 7 heteroatoms. The smallest absolute Gasteiger partial charge is 0.251 e. The van der Waals surface area contributed by atoms with Crippen LogP contribution < -0.4 is 10.6 Å². The van der Waals surface area contributed by atoms with Crippen molar-refractivity contribution >= 4 is 11.8 Å². The molecule has 0 unspecified atom stereocenters. The standard InChI is InChI=1S/C21H24N2O5/c1-14-7-9-16(10-8-14)19(25)22-11-17-18(24)21(27,13-28-17)12-23-20(26)15-5-3-2-4-6-15/h2-10,17-18,24,27H,11-13H2,1H3,(H,22,25)(H,23,26)/t17-,18-,21+/m1/s1. The molecule has 2 aromatic rings. The first-order chi connectivity index (χ1) is 13.4. The van der Waals surface area contributed by atoms with Crippen molar-refractivity contribution < 1.29 is 24.5 Å². The Morgan fingerprint density at radius 2 is 1.64 bits per heavy atom. The molecule has 28 heavy (non-hydrogen) atoms. The highest BCUT2D eigenvalue weighted by Crippen LogP contribution is 2.24. The molecule has 7 nitrogen and oxygen atoms in total. The van der Waals surface area contributed by atoms with Crippen LogP contribution >= 0.6 is 0 Å². The zero-order valence-electron chi connectivity index (χ0n) is 15.6. The Balaban J connectivity index is 1.51. The molecule has 0 spiro atoms. The summed E-state index contributed by atoms with van der Waals surface area (Å²) in [4.78, 5) is 24.3. The fourth-order valence-corrected chi connectivity index (χ4v) is 3.03. The maximum atomic E-state index is 12.2. The Labute approximate surface area is 163 Å². The van der Waals surface area contributed by atoms with Gasteiger partial charge < -0.3 is 25.6 Å². The van der Waals surface area contributed by atoms with Crippen LogP contribution in [-0.4, -0.2) is 59.5 Å². The largest absolute Gasteiger partial charge is 0.387 e. The van der Waals surface area contributed by atoms with E-state index in [1.165, 1.54) is 0 Å². The highest BCUT2D eigenvalue weighted by Gasteiger charge is 2.48. The molecule has 0 saturated carbocycles. The van der Waals surface area contributed by atoms with Gasteiger partial charge >= 0.3 is 0 Å².